The summed E-state index contributed by atoms with van der Waals surface area (Å²) < 4.78 is 64.6. The molecule has 0 aliphatic heterocycles. The number of alkyl halides is 3. The minimum Gasteiger partial charge on any atom is -0.322 e. The van der Waals surface area contributed by atoms with E-state index >= 15 is 0 Å². The average Bonchev–Trinajstić information content (AvgIpc) is 2.55. The van der Waals surface area contributed by atoms with Gasteiger partial charge in [0.1, 0.15) is 0 Å². The number of anilines is 1. The predicted octanol–water partition coefficient (Wildman–Crippen LogP) is 4.62. The first-order valence-electron chi connectivity index (χ1n) is 7.24. The lowest BCUT2D eigenvalue weighted by Gasteiger charge is -2.14. The van der Waals surface area contributed by atoms with Gasteiger partial charge in [-0.05, 0) is 52.3 Å². The maximum atomic E-state index is 12.9. The predicted molar refractivity (Wildman–Crippen MR) is 99.4 cm³/mol. The zero-order valence-electron chi connectivity index (χ0n) is 13.9. The van der Waals surface area contributed by atoms with E-state index in [1.807, 2.05) is 0 Å². The standard InChI is InChI=1S/C16H13BrClF3N2O3S/c1-23(2)27(25,26)14-7-9(3-5-12(14)17)15(24)22-10-4-6-13(18)11(8-10)16(19,20)21/h3-8H,1-2H3,(H,22,24). The van der Waals surface area contributed by atoms with Gasteiger partial charge >= 0.3 is 6.18 Å². The third kappa shape index (κ3) is 4.81. The van der Waals surface area contributed by atoms with Crippen molar-refractivity contribution in [3.05, 3.63) is 57.0 Å². The number of amides is 1. The Morgan fingerprint density at radius 1 is 1.15 bits per heavy atom. The van der Waals surface area contributed by atoms with E-state index in [0.29, 0.717) is 6.07 Å². The lowest BCUT2D eigenvalue weighted by Crippen LogP contribution is -2.23. The molecule has 0 saturated carbocycles. The number of hydrogen-bond acceptors (Lipinski definition) is 3. The first-order chi connectivity index (χ1) is 12.3. The normalized spacial score (nSPS) is 12.3. The number of nitrogens with one attached hydrogen (secondary N) is 1. The largest absolute Gasteiger partial charge is 0.417 e. The van der Waals surface area contributed by atoms with Crippen molar-refractivity contribution in [2.45, 2.75) is 11.1 Å². The van der Waals surface area contributed by atoms with Gasteiger partial charge in [0.05, 0.1) is 15.5 Å². The monoisotopic (exact) mass is 484 g/mol. The first-order valence-corrected chi connectivity index (χ1v) is 9.85. The second-order valence-electron chi connectivity index (χ2n) is 5.58. The Hall–Kier alpha value is -1.62. The molecule has 0 saturated heterocycles. The van der Waals surface area contributed by atoms with E-state index in [4.69, 9.17) is 11.6 Å². The minimum absolute atomic E-state index is 0.0397. The lowest BCUT2D eigenvalue weighted by molar-refractivity contribution is -0.137. The second-order valence-corrected chi connectivity index (χ2v) is 8.96. The van der Waals surface area contributed by atoms with Gasteiger partial charge in [0, 0.05) is 29.8 Å². The van der Waals surface area contributed by atoms with E-state index in [1.54, 1.807) is 0 Å². The highest BCUT2D eigenvalue weighted by Crippen LogP contribution is 2.36. The zero-order chi connectivity index (χ0) is 20.6. The van der Waals surface area contributed by atoms with Crippen molar-refractivity contribution >= 4 is 49.1 Å². The molecule has 0 aliphatic carbocycles. The highest BCUT2D eigenvalue weighted by atomic mass is 79.9. The molecule has 0 aromatic heterocycles. The minimum atomic E-state index is -4.68. The highest BCUT2D eigenvalue weighted by Gasteiger charge is 2.33. The van der Waals surface area contributed by atoms with E-state index in [0.717, 1.165) is 16.4 Å². The van der Waals surface area contributed by atoms with E-state index < -0.39 is 32.7 Å². The Kier molecular flexibility index (Phi) is 6.25. The van der Waals surface area contributed by atoms with Crippen LogP contribution in [0.4, 0.5) is 18.9 Å². The fraction of sp³-hybridized carbons (Fsp3) is 0.188. The number of carbonyl (C=O) groups excluding carboxylic acids is 1. The molecule has 0 unspecified atom stereocenters. The van der Waals surface area contributed by atoms with Crippen LogP contribution < -0.4 is 5.32 Å². The lowest BCUT2D eigenvalue weighted by atomic mass is 10.1. The SMILES string of the molecule is CN(C)S(=O)(=O)c1cc(C(=O)Nc2ccc(Cl)c(C(F)(F)F)c2)ccc1Br. The van der Waals surface area contributed by atoms with E-state index in [9.17, 15) is 26.4 Å². The Labute approximate surface area is 167 Å². The molecule has 0 spiro atoms. The third-order valence-electron chi connectivity index (χ3n) is 3.48. The molecule has 0 radical (unpaired) electrons. The van der Waals surface area contributed by atoms with Gasteiger partial charge in [-0.1, -0.05) is 11.6 Å². The Morgan fingerprint density at radius 3 is 2.33 bits per heavy atom. The van der Waals surface area contributed by atoms with E-state index in [-0.39, 0.29) is 20.6 Å². The number of sulfonamides is 1. The van der Waals surface area contributed by atoms with Crippen LogP contribution in [-0.4, -0.2) is 32.7 Å². The van der Waals surface area contributed by atoms with Gasteiger partial charge in [0.25, 0.3) is 5.91 Å². The number of hydrogen-bond donors (Lipinski definition) is 1. The molecule has 0 aliphatic rings. The van der Waals surface area contributed by atoms with Crippen LogP contribution in [0, 0.1) is 0 Å². The summed E-state index contributed by atoms with van der Waals surface area (Å²) in [4.78, 5) is 12.2. The van der Waals surface area contributed by atoms with Gasteiger partial charge in [-0.25, -0.2) is 12.7 Å². The molecule has 0 heterocycles. The highest BCUT2D eigenvalue weighted by molar-refractivity contribution is 9.10. The van der Waals surface area contributed by atoms with Crippen LogP contribution in [0.1, 0.15) is 15.9 Å². The average molecular weight is 486 g/mol. The summed E-state index contributed by atoms with van der Waals surface area (Å²) in [5.74, 6) is -0.770. The maximum Gasteiger partial charge on any atom is 0.417 e. The third-order valence-corrected chi connectivity index (χ3v) is 6.62. The number of halogens is 5. The summed E-state index contributed by atoms with van der Waals surface area (Å²) in [5.41, 5.74) is -1.26. The number of carbonyl (C=O) groups is 1. The summed E-state index contributed by atoms with van der Waals surface area (Å²) in [5, 5.41) is 1.81. The number of nitrogens with zero attached hydrogens (tertiary/aromatic N) is 1. The molecular formula is C16H13BrClF3N2O3S. The summed E-state index contributed by atoms with van der Waals surface area (Å²) in [6.07, 6.45) is -4.68. The van der Waals surface area contributed by atoms with Crippen LogP contribution in [0.25, 0.3) is 0 Å². The summed E-state index contributed by atoms with van der Waals surface area (Å²) >= 11 is 8.66. The van der Waals surface area contributed by atoms with Crippen molar-refractivity contribution in [3.8, 4) is 0 Å². The van der Waals surface area contributed by atoms with Crippen LogP contribution in [-0.2, 0) is 16.2 Å². The first kappa shape index (κ1) is 21.7. The summed E-state index contributed by atoms with van der Waals surface area (Å²) in [6.45, 7) is 0. The molecule has 0 fully saturated rings. The summed E-state index contributed by atoms with van der Waals surface area (Å²) in [6, 6.07) is 6.78. The molecule has 1 N–H and O–H groups in total. The maximum absolute atomic E-state index is 12.9. The fourth-order valence-corrected chi connectivity index (χ4v) is 4.13. The molecule has 1 amide bonds. The Morgan fingerprint density at radius 2 is 1.78 bits per heavy atom. The smallest absolute Gasteiger partial charge is 0.322 e. The van der Waals surface area contributed by atoms with Crippen molar-refractivity contribution in [3.63, 3.8) is 0 Å². The van der Waals surface area contributed by atoms with E-state index in [1.165, 1.54) is 32.3 Å². The topological polar surface area (TPSA) is 66.5 Å². The van der Waals surface area contributed by atoms with Gasteiger partial charge in [0.15, 0.2) is 0 Å². The van der Waals surface area contributed by atoms with Crippen LogP contribution >= 0.6 is 27.5 Å². The molecule has 11 heteroatoms. The van der Waals surface area contributed by atoms with Crippen molar-refractivity contribution in [2.24, 2.45) is 0 Å². The van der Waals surface area contributed by atoms with Crippen molar-refractivity contribution in [1.29, 1.82) is 0 Å². The molecule has 0 atom stereocenters. The van der Waals surface area contributed by atoms with E-state index in [2.05, 4.69) is 21.2 Å². The molecule has 5 nitrogen and oxygen atoms in total. The van der Waals surface area contributed by atoms with Crippen molar-refractivity contribution < 1.29 is 26.4 Å². The molecule has 146 valence electrons. The Balaban J connectivity index is 2.38. The van der Waals surface area contributed by atoms with Gasteiger partial charge in [-0.15, -0.1) is 0 Å². The molecule has 27 heavy (non-hydrogen) atoms. The molecule has 2 aromatic carbocycles. The van der Waals surface area contributed by atoms with Crippen LogP contribution in [0.5, 0.6) is 0 Å². The number of benzene rings is 2. The van der Waals surface area contributed by atoms with Crippen LogP contribution in [0.2, 0.25) is 5.02 Å². The van der Waals surface area contributed by atoms with Gasteiger partial charge < -0.3 is 5.32 Å². The van der Waals surface area contributed by atoms with Crippen molar-refractivity contribution in [1.82, 2.24) is 4.31 Å². The molecular weight excluding hydrogens is 473 g/mol. The fourth-order valence-electron chi connectivity index (χ4n) is 2.06. The summed E-state index contributed by atoms with van der Waals surface area (Å²) in [7, 11) is -1.16. The molecule has 0 bridgehead atoms. The second kappa shape index (κ2) is 7.78. The van der Waals surface area contributed by atoms with Gasteiger partial charge in [0.2, 0.25) is 10.0 Å². The number of rotatable bonds is 4. The quantitative estimate of drug-likeness (QED) is 0.687. The molecule has 2 rings (SSSR count). The Bertz CT molecular complexity index is 995. The van der Waals surface area contributed by atoms with Gasteiger partial charge in [-0.3, -0.25) is 4.79 Å². The van der Waals surface area contributed by atoms with Crippen molar-refractivity contribution in [2.75, 3.05) is 19.4 Å². The van der Waals surface area contributed by atoms with Gasteiger partial charge in [-0.2, -0.15) is 13.2 Å². The van der Waals surface area contributed by atoms with Crippen LogP contribution in [0.15, 0.2) is 45.8 Å². The zero-order valence-corrected chi connectivity index (χ0v) is 17.1. The molecule has 2 aromatic rings. The van der Waals surface area contributed by atoms with Crippen LogP contribution in [0.3, 0.4) is 0 Å².